The monoisotopic (exact) mass is 527 g/mol. The van der Waals surface area contributed by atoms with Crippen LogP contribution in [-0.2, 0) is 21.7 Å². The van der Waals surface area contributed by atoms with Crippen molar-refractivity contribution in [2.24, 2.45) is 5.73 Å². The fraction of sp³-hybridized carbons (Fsp3) is 0.360. The van der Waals surface area contributed by atoms with Crippen LogP contribution >= 0.6 is 23.1 Å². The fourth-order valence-corrected chi connectivity index (χ4v) is 5.20. The van der Waals surface area contributed by atoms with Crippen molar-refractivity contribution in [2.75, 3.05) is 42.8 Å². The molecule has 0 fully saturated rings. The normalized spacial score (nSPS) is 15.2. The summed E-state index contributed by atoms with van der Waals surface area (Å²) in [6, 6.07) is 11.7. The number of amides is 2. The molecule has 4 rings (SSSR count). The van der Waals surface area contributed by atoms with E-state index in [1.807, 2.05) is 66.9 Å². The number of nitrogens with zero attached hydrogens (tertiary/aromatic N) is 4. The van der Waals surface area contributed by atoms with Crippen LogP contribution in [0.1, 0.15) is 34.1 Å². The minimum absolute atomic E-state index is 0.132. The third-order valence-corrected chi connectivity index (χ3v) is 7.75. The Hall–Kier alpha value is -3.15. The van der Waals surface area contributed by atoms with Crippen molar-refractivity contribution < 1.29 is 19.1 Å². The number of fused-ring (bicyclic) bond motifs is 1. The topological polar surface area (TPSA) is 111 Å². The summed E-state index contributed by atoms with van der Waals surface area (Å²) in [5, 5.41) is 2.62. The van der Waals surface area contributed by atoms with Gasteiger partial charge in [-0.15, -0.1) is 11.3 Å². The second kappa shape index (κ2) is 11.3. The number of anilines is 2. The molecule has 9 nitrogen and oxygen atoms in total. The van der Waals surface area contributed by atoms with Gasteiger partial charge in [0, 0.05) is 43.3 Å². The average molecular weight is 528 g/mol. The maximum atomic E-state index is 13.5. The number of nitrogens with two attached hydrogens (primary N) is 1. The van der Waals surface area contributed by atoms with Crippen LogP contribution in [0.25, 0.3) is 0 Å². The highest BCUT2D eigenvalue weighted by Crippen LogP contribution is 2.34. The van der Waals surface area contributed by atoms with Crippen LogP contribution in [0, 0.1) is 0 Å². The number of carbonyl (C=O) groups is 2. The fourth-order valence-electron chi connectivity index (χ4n) is 4.00. The molecule has 1 aliphatic rings. The zero-order valence-corrected chi connectivity index (χ0v) is 22.1. The van der Waals surface area contributed by atoms with Crippen molar-refractivity contribution in [1.29, 1.82) is 0 Å². The zero-order valence-electron chi connectivity index (χ0n) is 20.5. The lowest BCUT2D eigenvalue weighted by molar-refractivity contribution is -0.0604. The predicted molar refractivity (Wildman–Crippen MR) is 142 cm³/mol. The van der Waals surface area contributed by atoms with Crippen LogP contribution in [-0.4, -0.2) is 55.0 Å². The maximum absolute atomic E-state index is 13.5. The number of hydrogen-bond acceptors (Lipinski definition) is 9. The zero-order chi connectivity index (χ0) is 25.7. The molecule has 1 aromatic carbocycles. The van der Waals surface area contributed by atoms with E-state index < -0.39 is 11.7 Å². The minimum Gasteiger partial charge on any atom is -0.450 e. The highest BCUT2D eigenvalue weighted by atomic mass is 32.2. The largest absolute Gasteiger partial charge is 0.450 e. The van der Waals surface area contributed by atoms with E-state index in [4.69, 9.17) is 15.2 Å². The van der Waals surface area contributed by atoms with Crippen LogP contribution in [0.5, 0.6) is 0 Å². The van der Waals surface area contributed by atoms with Gasteiger partial charge in [0.2, 0.25) is 0 Å². The number of ether oxygens (including phenoxy) is 2. The quantitative estimate of drug-likeness (QED) is 0.324. The first-order valence-corrected chi connectivity index (χ1v) is 13.5. The number of likely N-dealkylation sites (N-methyl/N-ethyl adjacent to an activating group) is 1. The Labute approximate surface area is 218 Å². The third-order valence-electron chi connectivity index (χ3n) is 6.07. The number of thiophene rings is 1. The lowest BCUT2D eigenvalue weighted by Gasteiger charge is -2.29. The van der Waals surface area contributed by atoms with Crippen LogP contribution in [0.2, 0.25) is 0 Å². The molecule has 1 aliphatic heterocycles. The molecule has 3 aromatic rings. The standard InChI is InChI=1S/C25H29N5O4S2/c1-25(9-12-33-23(26)32,20-8-5-13-36-20)34-16-17-6-4-7-18(14-17)30-11-10-29(2)21-19(22(30)31)15-27-24(28-21)35-3/h4-8,13-15H,9-12,16H2,1-3H3,(H2,26,32)/t25-/m0/s1. The second-order valence-corrected chi connectivity index (χ2v) is 10.3. The lowest BCUT2D eigenvalue weighted by atomic mass is 10.0. The Morgan fingerprint density at radius 3 is 2.83 bits per heavy atom. The van der Waals surface area contributed by atoms with Gasteiger partial charge in [0.05, 0.1) is 13.2 Å². The van der Waals surface area contributed by atoms with Gasteiger partial charge < -0.3 is 25.0 Å². The molecule has 0 aliphatic carbocycles. The highest BCUT2D eigenvalue weighted by Gasteiger charge is 2.30. The Morgan fingerprint density at radius 2 is 2.11 bits per heavy atom. The van der Waals surface area contributed by atoms with E-state index in [1.54, 1.807) is 22.4 Å². The molecule has 3 heterocycles. The average Bonchev–Trinajstić information content (AvgIpc) is 3.39. The van der Waals surface area contributed by atoms with E-state index in [9.17, 15) is 9.59 Å². The second-order valence-electron chi connectivity index (χ2n) is 8.56. The van der Waals surface area contributed by atoms with Gasteiger partial charge in [-0.05, 0) is 42.3 Å². The van der Waals surface area contributed by atoms with Crippen molar-refractivity contribution in [2.45, 2.75) is 30.7 Å². The molecule has 0 bridgehead atoms. The maximum Gasteiger partial charge on any atom is 0.404 e. The molecular weight excluding hydrogens is 498 g/mol. The summed E-state index contributed by atoms with van der Waals surface area (Å²) < 4.78 is 11.3. The molecule has 0 spiro atoms. The third kappa shape index (κ3) is 5.80. The summed E-state index contributed by atoms with van der Waals surface area (Å²) in [4.78, 5) is 38.2. The van der Waals surface area contributed by atoms with Gasteiger partial charge in [-0.25, -0.2) is 14.8 Å². The van der Waals surface area contributed by atoms with Crippen LogP contribution in [0.3, 0.4) is 0 Å². The van der Waals surface area contributed by atoms with E-state index >= 15 is 0 Å². The first kappa shape index (κ1) is 25.9. The molecule has 0 radical (unpaired) electrons. The van der Waals surface area contributed by atoms with E-state index in [-0.39, 0.29) is 12.5 Å². The molecule has 0 unspecified atom stereocenters. The van der Waals surface area contributed by atoms with Crippen molar-refractivity contribution >= 4 is 46.6 Å². The highest BCUT2D eigenvalue weighted by molar-refractivity contribution is 7.98. The van der Waals surface area contributed by atoms with Gasteiger partial charge in [0.15, 0.2) is 5.16 Å². The van der Waals surface area contributed by atoms with Crippen LogP contribution in [0.4, 0.5) is 16.3 Å². The van der Waals surface area contributed by atoms with Crippen LogP contribution in [0.15, 0.2) is 53.1 Å². The number of thioether (sulfide) groups is 1. The smallest absolute Gasteiger partial charge is 0.404 e. The number of hydrogen-bond donors (Lipinski definition) is 1. The summed E-state index contributed by atoms with van der Waals surface area (Å²) >= 11 is 3.03. The van der Waals surface area contributed by atoms with E-state index in [0.29, 0.717) is 42.7 Å². The summed E-state index contributed by atoms with van der Waals surface area (Å²) in [5.74, 6) is 0.512. The van der Waals surface area contributed by atoms with Gasteiger partial charge in [-0.1, -0.05) is 30.0 Å². The van der Waals surface area contributed by atoms with Crippen molar-refractivity contribution in [3.63, 3.8) is 0 Å². The summed E-state index contributed by atoms with van der Waals surface area (Å²) in [7, 11) is 1.93. The van der Waals surface area contributed by atoms with Crippen molar-refractivity contribution in [3.8, 4) is 0 Å². The van der Waals surface area contributed by atoms with Gasteiger partial charge in [0.1, 0.15) is 17.0 Å². The van der Waals surface area contributed by atoms with Gasteiger partial charge in [-0.2, -0.15) is 0 Å². The number of carbonyl (C=O) groups excluding carboxylic acids is 2. The Balaban J connectivity index is 1.53. The van der Waals surface area contributed by atoms with Crippen molar-refractivity contribution in [3.05, 3.63) is 64.0 Å². The molecule has 190 valence electrons. The molecule has 0 saturated carbocycles. The Kier molecular flexibility index (Phi) is 8.12. The minimum atomic E-state index is -0.805. The lowest BCUT2D eigenvalue weighted by Crippen LogP contribution is -2.33. The molecule has 1 atom stereocenters. The number of rotatable bonds is 9. The van der Waals surface area contributed by atoms with Crippen molar-refractivity contribution in [1.82, 2.24) is 9.97 Å². The van der Waals surface area contributed by atoms with Gasteiger partial charge >= 0.3 is 6.09 Å². The molecule has 2 aromatic heterocycles. The molecular formula is C25H29N5O4S2. The van der Waals surface area contributed by atoms with Crippen LogP contribution < -0.4 is 15.5 Å². The summed E-state index contributed by atoms with van der Waals surface area (Å²) in [6.45, 7) is 3.60. The van der Waals surface area contributed by atoms with E-state index in [1.165, 1.54) is 11.8 Å². The van der Waals surface area contributed by atoms with E-state index in [0.717, 1.165) is 16.1 Å². The van der Waals surface area contributed by atoms with E-state index in [2.05, 4.69) is 9.97 Å². The molecule has 0 saturated heterocycles. The SMILES string of the molecule is CSc1ncc2c(n1)N(C)CCN(c1cccc(CO[C@@](C)(CCOC(N)=O)c3cccs3)c1)C2=O. The van der Waals surface area contributed by atoms with Gasteiger partial charge in [0.25, 0.3) is 5.91 Å². The number of benzene rings is 1. The first-order valence-electron chi connectivity index (χ1n) is 11.4. The molecule has 36 heavy (non-hydrogen) atoms. The Bertz CT molecular complexity index is 1220. The number of primary amides is 1. The molecule has 2 N–H and O–H groups in total. The predicted octanol–water partition coefficient (Wildman–Crippen LogP) is 4.27. The Morgan fingerprint density at radius 1 is 1.28 bits per heavy atom. The number of aromatic nitrogens is 2. The summed E-state index contributed by atoms with van der Waals surface area (Å²) in [6.07, 6.45) is 3.18. The first-order chi connectivity index (χ1) is 17.3. The molecule has 2 amide bonds. The van der Waals surface area contributed by atoms with Gasteiger partial charge in [-0.3, -0.25) is 4.79 Å². The summed E-state index contributed by atoms with van der Waals surface area (Å²) in [5.41, 5.74) is 6.65. The molecule has 11 heteroatoms.